The van der Waals surface area contributed by atoms with Gasteiger partial charge in [0.15, 0.2) is 6.10 Å². The van der Waals surface area contributed by atoms with Crippen LogP contribution in [-0.2, 0) is 19.1 Å². The first kappa shape index (κ1) is 15.8. The highest BCUT2D eigenvalue weighted by Gasteiger charge is 2.10. The van der Waals surface area contributed by atoms with Gasteiger partial charge in [-0.2, -0.15) is 0 Å². The van der Waals surface area contributed by atoms with E-state index in [0.717, 1.165) is 9.75 Å². The van der Waals surface area contributed by atoms with Gasteiger partial charge in [0.05, 0.1) is 9.75 Å². The van der Waals surface area contributed by atoms with Crippen molar-refractivity contribution in [3.8, 4) is 23.7 Å². The summed E-state index contributed by atoms with van der Waals surface area (Å²) in [6, 6.07) is 3.71. The summed E-state index contributed by atoms with van der Waals surface area (Å²) in [5.41, 5.74) is 0. The summed E-state index contributed by atoms with van der Waals surface area (Å²) in [4.78, 5) is 23.4. The van der Waals surface area contributed by atoms with Crippen LogP contribution < -0.4 is 0 Å². The highest BCUT2D eigenvalue weighted by molar-refractivity contribution is 7.13. The molecule has 0 aliphatic rings. The number of hydrogen-bond acceptors (Lipinski definition) is 5. The average molecular weight is 290 g/mol. The Morgan fingerprint density at radius 2 is 1.85 bits per heavy atom. The van der Waals surface area contributed by atoms with Crippen LogP contribution >= 0.6 is 11.3 Å². The molecule has 0 saturated carbocycles. The van der Waals surface area contributed by atoms with Gasteiger partial charge >= 0.3 is 11.9 Å². The smallest absolute Gasteiger partial charge is 0.303 e. The van der Waals surface area contributed by atoms with Crippen LogP contribution in [0.1, 0.15) is 30.5 Å². The normalized spacial score (nSPS) is 10.3. The van der Waals surface area contributed by atoms with Crippen LogP contribution in [0, 0.1) is 23.7 Å². The molecule has 1 aromatic rings. The topological polar surface area (TPSA) is 52.6 Å². The monoisotopic (exact) mass is 290 g/mol. The van der Waals surface area contributed by atoms with Crippen LogP contribution in [-0.4, -0.2) is 24.6 Å². The van der Waals surface area contributed by atoms with E-state index in [0.29, 0.717) is 0 Å². The van der Waals surface area contributed by atoms with Crippen molar-refractivity contribution in [2.45, 2.75) is 26.9 Å². The largest absolute Gasteiger partial charge is 0.461 e. The molecule has 0 amide bonds. The first-order chi connectivity index (χ1) is 9.51. The van der Waals surface area contributed by atoms with Crippen molar-refractivity contribution >= 4 is 23.3 Å². The number of thiophene rings is 1. The maximum atomic E-state index is 11.0. The zero-order valence-electron chi connectivity index (χ0n) is 11.5. The van der Waals surface area contributed by atoms with Crippen molar-refractivity contribution in [3.05, 3.63) is 21.9 Å². The van der Waals surface area contributed by atoms with Gasteiger partial charge in [-0.05, 0) is 25.0 Å². The van der Waals surface area contributed by atoms with Gasteiger partial charge in [0.2, 0.25) is 0 Å². The number of ether oxygens (including phenoxy) is 2. The van der Waals surface area contributed by atoms with Gasteiger partial charge in [-0.1, -0.05) is 11.8 Å². The van der Waals surface area contributed by atoms with Crippen molar-refractivity contribution in [1.82, 2.24) is 0 Å². The third-order valence-corrected chi connectivity index (χ3v) is 2.87. The fraction of sp³-hybridized carbons (Fsp3) is 0.333. The van der Waals surface area contributed by atoms with Crippen LogP contribution in [0.25, 0.3) is 0 Å². The first-order valence-corrected chi connectivity index (χ1v) is 6.67. The second kappa shape index (κ2) is 8.04. The fourth-order valence-corrected chi connectivity index (χ4v) is 2.02. The lowest BCUT2D eigenvalue weighted by molar-refractivity contribution is -0.152. The van der Waals surface area contributed by atoms with Crippen molar-refractivity contribution in [2.24, 2.45) is 0 Å². The Labute approximate surface area is 122 Å². The summed E-state index contributed by atoms with van der Waals surface area (Å²) in [5, 5.41) is 0. The van der Waals surface area contributed by atoms with E-state index in [9.17, 15) is 9.59 Å². The number of esters is 2. The van der Waals surface area contributed by atoms with Crippen molar-refractivity contribution in [2.75, 3.05) is 6.61 Å². The predicted octanol–water partition coefficient (Wildman–Crippen LogP) is 1.97. The second-order valence-corrected chi connectivity index (χ2v) is 4.79. The lowest BCUT2D eigenvalue weighted by Gasteiger charge is -2.10. The third-order valence-electron chi connectivity index (χ3n) is 1.96. The third kappa shape index (κ3) is 6.08. The minimum absolute atomic E-state index is 0.0745. The van der Waals surface area contributed by atoms with E-state index >= 15 is 0 Å². The maximum absolute atomic E-state index is 11.0. The Bertz CT molecular complexity index is 607. The first-order valence-electron chi connectivity index (χ1n) is 5.86. The second-order valence-electron chi connectivity index (χ2n) is 3.71. The fourth-order valence-electron chi connectivity index (χ4n) is 1.25. The van der Waals surface area contributed by atoms with Gasteiger partial charge in [-0.3, -0.25) is 9.59 Å². The van der Waals surface area contributed by atoms with E-state index < -0.39 is 18.0 Å². The van der Waals surface area contributed by atoms with Crippen molar-refractivity contribution in [1.29, 1.82) is 0 Å². The van der Waals surface area contributed by atoms with Crippen LogP contribution in [0.15, 0.2) is 12.1 Å². The molecule has 104 valence electrons. The van der Waals surface area contributed by atoms with Gasteiger partial charge in [0.25, 0.3) is 0 Å². The molecule has 0 N–H and O–H groups in total. The highest BCUT2D eigenvalue weighted by atomic mass is 32.1. The zero-order valence-corrected chi connectivity index (χ0v) is 12.3. The van der Waals surface area contributed by atoms with Gasteiger partial charge in [0, 0.05) is 13.8 Å². The SMILES string of the molecule is CC#Cc1ccc(C#C[C@@H](COC(C)=O)OC(C)=O)s1. The van der Waals surface area contributed by atoms with Crippen LogP contribution in [0.5, 0.6) is 0 Å². The lowest BCUT2D eigenvalue weighted by Crippen LogP contribution is -2.22. The molecule has 0 aromatic carbocycles. The maximum Gasteiger partial charge on any atom is 0.303 e. The van der Waals surface area contributed by atoms with Gasteiger partial charge in [0.1, 0.15) is 6.61 Å². The molecule has 20 heavy (non-hydrogen) atoms. The Kier molecular flexibility index (Phi) is 6.36. The Hall–Kier alpha value is -2.24. The molecule has 1 atom stereocenters. The van der Waals surface area contributed by atoms with E-state index in [-0.39, 0.29) is 6.61 Å². The zero-order chi connectivity index (χ0) is 15.0. The van der Waals surface area contributed by atoms with E-state index in [1.54, 1.807) is 6.92 Å². The molecule has 0 aliphatic heterocycles. The molecular formula is C15H14O4S. The molecular weight excluding hydrogens is 276 g/mol. The Balaban J connectivity index is 2.76. The molecule has 1 aromatic heterocycles. The Morgan fingerprint density at radius 3 is 2.40 bits per heavy atom. The molecule has 0 spiro atoms. The molecule has 0 bridgehead atoms. The molecule has 0 fully saturated rings. The van der Waals surface area contributed by atoms with Gasteiger partial charge < -0.3 is 9.47 Å². The average Bonchev–Trinajstić information content (AvgIpc) is 2.80. The van der Waals surface area contributed by atoms with E-state index in [4.69, 9.17) is 9.47 Å². The number of carbonyl (C=O) groups excluding carboxylic acids is 2. The van der Waals surface area contributed by atoms with Crippen LogP contribution in [0.3, 0.4) is 0 Å². The van der Waals surface area contributed by atoms with E-state index in [1.807, 2.05) is 12.1 Å². The van der Waals surface area contributed by atoms with E-state index in [1.165, 1.54) is 25.2 Å². The summed E-state index contributed by atoms with van der Waals surface area (Å²) in [6.07, 6.45) is -0.765. The quantitative estimate of drug-likeness (QED) is 0.631. The van der Waals surface area contributed by atoms with E-state index in [2.05, 4.69) is 23.7 Å². The van der Waals surface area contributed by atoms with Crippen LogP contribution in [0.2, 0.25) is 0 Å². The molecule has 0 saturated heterocycles. The Morgan fingerprint density at radius 1 is 1.20 bits per heavy atom. The molecule has 0 radical (unpaired) electrons. The van der Waals surface area contributed by atoms with Crippen LogP contribution in [0.4, 0.5) is 0 Å². The number of hydrogen-bond donors (Lipinski definition) is 0. The standard InChI is InChI=1S/C15H14O4S/c1-4-5-14-8-9-15(20-14)7-6-13(19-12(3)17)10-18-11(2)16/h8-9,13H,10H2,1-3H3/t13-/m0/s1. The van der Waals surface area contributed by atoms with Crippen molar-refractivity contribution < 1.29 is 19.1 Å². The minimum Gasteiger partial charge on any atom is -0.461 e. The molecule has 4 nitrogen and oxygen atoms in total. The molecule has 1 rings (SSSR count). The number of rotatable bonds is 3. The highest BCUT2D eigenvalue weighted by Crippen LogP contribution is 2.14. The molecule has 0 aliphatic carbocycles. The minimum atomic E-state index is -0.765. The summed E-state index contributed by atoms with van der Waals surface area (Å²) < 4.78 is 9.76. The predicted molar refractivity (Wildman–Crippen MR) is 75.9 cm³/mol. The van der Waals surface area contributed by atoms with Crippen molar-refractivity contribution in [3.63, 3.8) is 0 Å². The summed E-state index contributed by atoms with van der Waals surface area (Å²) in [5.74, 6) is 10.5. The summed E-state index contributed by atoms with van der Waals surface area (Å²) in [7, 11) is 0. The molecule has 0 unspecified atom stereocenters. The van der Waals surface area contributed by atoms with Gasteiger partial charge in [-0.25, -0.2) is 0 Å². The molecule has 1 heterocycles. The number of carbonyl (C=O) groups is 2. The summed E-state index contributed by atoms with van der Waals surface area (Å²) in [6.45, 7) is 4.26. The molecule has 5 heteroatoms. The van der Waals surface area contributed by atoms with Gasteiger partial charge in [-0.15, -0.1) is 17.3 Å². The lowest BCUT2D eigenvalue weighted by atomic mass is 10.3. The summed E-state index contributed by atoms with van der Waals surface area (Å²) >= 11 is 1.45.